The van der Waals surface area contributed by atoms with Gasteiger partial charge in [0.15, 0.2) is 11.0 Å². The highest BCUT2D eigenvalue weighted by molar-refractivity contribution is 7.10. The average molecular weight is 397 g/mol. The highest BCUT2D eigenvalue weighted by Crippen LogP contribution is 2.43. The molecule has 3 rings (SSSR count). The number of rotatable bonds is 7. The SMILES string of the molecule is CCCC1=NC(Cl)(Cc2sccc2C2(C(=O)O)CC=CC2)C(C(=O)O)N1. The molecule has 0 saturated heterocycles. The summed E-state index contributed by atoms with van der Waals surface area (Å²) in [6.07, 6.45) is 6.22. The molecule has 2 unspecified atom stereocenters. The molecule has 3 N–H and O–H groups in total. The molecule has 26 heavy (non-hydrogen) atoms. The summed E-state index contributed by atoms with van der Waals surface area (Å²) in [6, 6.07) is 0.777. The van der Waals surface area contributed by atoms with E-state index in [1.807, 2.05) is 30.5 Å². The second-order valence-electron chi connectivity index (χ2n) is 6.74. The fourth-order valence-corrected chi connectivity index (χ4v) is 5.17. The van der Waals surface area contributed by atoms with E-state index in [0.29, 0.717) is 30.7 Å². The Morgan fingerprint density at radius 3 is 2.65 bits per heavy atom. The van der Waals surface area contributed by atoms with Crippen molar-refractivity contribution in [2.45, 2.75) is 55.5 Å². The molecule has 1 aliphatic heterocycles. The molecular weight excluding hydrogens is 376 g/mol. The Kier molecular flexibility index (Phi) is 5.12. The maximum Gasteiger partial charge on any atom is 0.330 e. The fourth-order valence-electron chi connectivity index (χ4n) is 3.65. The van der Waals surface area contributed by atoms with E-state index in [1.165, 1.54) is 11.3 Å². The lowest BCUT2D eigenvalue weighted by Crippen LogP contribution is -2.48. The molecule has 2 aliphatic rings. The lowest BCUT2D eigenvalue weighted by Gasteiger charge is -2.28. The van der Waals surface area contributed by atoms with E-state index in [4.69, 9.17) is 11.6 Å². The highest BCUT2D eigenvalue weighted by Gasteiger charge is 2.49. The smallest absolute Gasteiger partial charge is 0.330 e. The van der Waals surface area contributed by atoms with Crippen molar-refractivity contribution in [3.63, 3.8) is 0 Å². The minimum absolute atomic E-state index is 0.174. The lowest BCUT2D eigenvalue weighted by atomic mass is 9.77. The van der Waals surface area contributed by atoms with Gasteiger partial charge in [0.2, 0.25) is 0 Å². The molecule has 0 aromatic carbocycles. The van der Waals surface area contributed by atoms with Crippen molar-refractivity contribution in [2.75, 3.05) is 0 Å². The number of hydrogen-bond acceptors (Lipinski definition) is 5. The maximum absolute atomic E-state index is 12.0. The minimum Gasteiger partial charge on any atom is -0.481 e. The third-order valence-electron chi connectivity index (χ3n) is 4.99. The Morgan fingerprint density at radius 1 is 1.38 bits per heavy atom. The molecule has 1 aromatic heterocycles. The van der Waals surface area contributed by atoms with Crippen LogP contribution in [-0.2, 0) is 21.4 Å². The number of carbonyl (C=O) groups is 2. The second kappa shape index (κ2) is 7.04. The van der Waals surface area contributed by atoms with Gasteiger partial charge < -0.3 is 15.5 Å². The van der Waals surface area contributed by atoms with Gasteiger partial charge in [-0.15, -0.1) is 11.3 Å². The average Bonchev–Trinajstić information content (AvgIpc) is 3.26. The van der Waals surface area contributed by atoms with Crippen LogP contribution in [0, 0.1) is 0 Å². The predicted octanol–water partition coefficient (Wildman–Crippen LogP) is 3.15. The Morgan fingerprint density at radius 2 is 2.08 bits per heavy atom. The molecule has 1 aromatic rings. The van der Waals surface area contributed by atoms with Crippen LogP contribution in [0.1, 0.15) is 43.0 Å². The first-order valence-corrected chi connectivity index (χ1v) is 9.80. The number of nitrogens with zero attached hydrogens (tertiary/aromatic N) is 1. The van der Waals surface area contributed by atoms with Crippen molar-refractivity contribution >= 4 is 40.7 Å². The molecule has 2 atom stereocenters. The molecule has 140 valence electrons. The van der Waals surface area contributed by atoms with Crippen LogP contribution in [0.4, 0.5) is 0 Å². The molecule has 2 heterocycles. The van der Waals surface area contributed by atoms with Crippen molar-refractivity contribution in [3.8, 4) is 0 Å². The number of hydrogen-bond donors (Lipinski definition) is 3. The number of carboxylic acid groups (broad SMARTS) is 2. The summed E-state index contributed by atoms with van der Waals surface area (Å²) in [4.78, 5) is 27.6. The Labute approximate surface area is 160 Å². The summed E-state index contributed by atoms with van der Waals surface area (Å²) in [5.74, 6) is -1.35. The van der Waals surface area contributed by atoms with Crippen LogP contribution in [0.15, 0.2) is 28.6 Å². The van der Waals surface area contributed by atoms with Crippen LogP contribution in [0.5, 0.6) is 0 Å². The second-order valence-corrected chi connectivity index (χ2v) is 8.40. The number of alkyl halides is 1. The molecule has 8 heteroatoms. The van der Waals surface area contributed by atoms with Crippen LogP contribution < -0.4 is 5.32 Å². The van der Waals surface area contributed by atoms with Crippen molar-refractivity contribution in [2.24, 2.45) is 4.99 Å². The number of halogens is 1. The summed E-state index contributed by atoms with van der Waals surface area (Å²) in [5, 5.41) is 24.1. The van der Waals surface area contributed by atoms with Crippen molar-refractivity contribution in [1.29, 1.82) is 0 Å². The molecule has 0 fully saturated rings. The topological polar surface area (TPSA) is 99.0 Å². The molecule has 0 spiro atoms. The van der Waals surface area contributed by atoms with E-state index >= 15 is 0 Å². The fraction of sp³-hybridized carbons (Fsp3) is 0.500. The summed E-state index contributed by atoms with van der Waals surface area (Å²) in [5.41, 5.74) is -0.285. The van der Waals surface area contributed by atoms with Crippen LogP contribution in [0.25, 0.3) is 0 Å². The summed E-state index contributed by atoms with van der Waals surface area (Å²) in [6.45, 7) is 1.98. The predicted molar refractivity (Wildman–Crippen MR) is 101 cm³/mol. The van der Waals surface area contributed by atoms with E-state index in [2.05, 4.69) is 10.3 Å². The van der Waals surface area contributed by atoms with Gasteiger partial charge in [0.05, 0.1) is 5.84 Å². The van der Waals surface area contributed by atoms with Gasteiger partial charge in [-0.2, -0.15) is 0 Å². The molecule has 6 nitrogen and oxygen atoms in total. The molecule has 0 amide bonds. The third kappa shape index (κ3) is 3.14. The van der Waals surface area contributed by atoms with Crippen LogP contribution in [-0.4, -0.2) is 39.0 Å². The monoisotopic (exact) mass is 396 g/mol. The molecule has 0 bridgehead atoms. The summed E-state index contributed by atoms with van der Waals surface area (Å²) < 4.78 is 0. The van der Waals surface area contributed by atoms with Crippen molar-refractivity contribution < 1.29 is 19.8 Å². The number of aliphatic carboxylic acids is 2. The van der Waals surface area contributed by atoms with Gasteiger partial charge in [0.25, 0.3) is 0 Å². The number of allylic oxidation sites excluding steroid dienone is 2. The summed E-state index contributed by atoms with van der Waals surface area (Å²) >= 11 is 8.07. The van der Waals surface area contributed by atoms with E-state index in [0.717, 1.165) is 11.3 Å². The first-order chi connectivity index (χ1) is 12.3. The van der Waals surface area contributed by atoms with Gasteiger partial charge in [-0.25, -0.2) is 9.79 Å². The number of thiophene rings is 1. The Bertz CT molecular complexity index is 780. The van der Waals surface area contributed by atoms with Gasteiger partial charge in [0, 0.05) is 17.7 Å². The van der Waals surface area contributed by atoms with Gasteiger partial charge in [-0.1, -0.05) is 30.7 Å². The zero-order valence-corrected chi connectivity index (χ0v) is 15.9. The van der Waals surface area contributed by atoms with Gasteiger partial charge >= 0.3 is 11.9 Å². The van der Waals surface area contributed by atoms with E-state index < -0.39 is 28.4 Å². The number of carboxylic acids is 2. The number of nitrogens with one attached hydrogen (secondary N) is 1. The Balaban J connectivity index is 1.95. The van der Waals surface area contributed by atoms with Gasteiger partial charge in [-0.05, 0) is 36.3 Å². The van der Waals surface area contributed by atoms with Crippen LogP contribution >= 0.6 is 22.9 Å². The van der Waals surface area contributed by atoms with Crippen molar-refractivity contribution in [3.05, 3.63) is 34.0 Å². The largest absolute Gasteiger partial charge is 0.481 e. The zero-order valence-electron chi connectivity index (χ0n) is 14.4. The standard InChI is InChI=1S/C18H21ClN2O4S/c1-2-5-13-20-14(15(22)23)18(19,21-13)10-12-11(6-9-26-12)17(16(24)25)7-3-4-8-17/h3-4,6,9,14H,2,5,7-8,10H2,1H3,(H,20,21)(H,22,23)(H,24,25). The lowest BCUT2D eigenvalue weighted by molar-refractivity contribution is -0.143. The molecule has 0 radical (unpaired) electrons. The quantitative estimate of drug-likeness (QED) is 0.373. The number of aliphatic imine (C=N–C) groups is 1. The molecular formula is C18H21ClN2O4S. The first kappa shape index (κ1) is 18.9. The van der Waals surface area contributed by atoms with E-state index in [9.17, 15) is 19.8 Å². The van der Waals surface area contributed by atoms with Crippen molar-refractivity contribution in [1.82, 2.24) is 5.32 Å². The third-order valence-corrected chi connectivity index (χ3v) is 6.34. The Hall–Kier alpha value is -1.86. The van der Waals surface area contributed by atoms with Gasteiger partial charge in [0.1, 0.15) is 5.41 Å². The minimum atomic E-state index is -1.36. The zero-order chi connectivity index (χ0) is 18.9. The highest BCUT2D eigenvalue weighted by atomic mass is 35.5. The van der Waals surface area contributed by atoms with Crippen LogP contribution in [0.2, 0.25) is 0 Å². The molecule has 0 saturated carbocycles. The maximum atomic E-state index is 12.0. The van der Waals surface area contributed by atoms with Crippen LogP contribution in [0.3, 0.4) is 0 Å². The molecule has 1 aliphatic carbocycles. The van der Waals surface area contributed by atoms with E-state index in [1.54, 1.807) is 0 Å². The number of amidine groups is 1. The first-order valence-electron chi connectivity index (χ1n) is 8.54. The normalized spacial score (nSPS) is 26.5. The summed E-state index contributed by atoms with van der Waals surface area (Å²) in [7, 11) is 0. The van der Waals surface area contributed by atoms with E-state index in [-0.39, 0.29) is 6.42 Å². The van der Waals surface area contributed by atoms with Gasteiger partial charge in [-0.3, -0.25) is 4.79 Å².